The molecular formula is C20H31N3O4S. The van der Waals surface area contributed by atoms with Gasteiger partial charge in [0, 0.05) is 36.9 Å². The van der Waals surface area contributed by atoms with Crippen molar-refractivity contribution >= 4 is 9.84 Å². The first-order chi connectivity index (χ1) is 13.0. The van der Waals surface area contributed by atoms with Crippen molar-refractivity contribution in [3.63, 3.8) is 0 Å². The highest BCUT2D eigenvalue weighted by Crippen LogP contribution is 2.23. The molecule has 0 amide bonds. The number of aryl methyl sites for hydroxylation is 1. The molecule has 0 unspecified atom stereocenters. The number of aliphatic hydroxyl groups excluding tert-OH is 1. The molecule has 7 nitrogen and oxygen atoms in total. The first kappa shape index (κ1) is 22.5. The van der Waals surface area contributed by atoms with E-state index in [1.165, 1.54) is 6.26 Å². The van der Waals surface area contributed by atoms with Gasteiger partial charge in [0.25, 0.3) is 0 Å². The fourth-order valence-electron chi connectivity index (χ4n) is 2.68. The van der Waals surface area contributed by atoms with Crippen LogP contribution in [0.15, 0.2) is 29.2 Å². The van der Waals surface area contributed by atoms with Gasteiger partial charge >= 0.3 is 0 Å². The van der Waals surface area contributed by atoms with Crippen LogP contribution in [0.1, 0.15) is 39.9 Å². The van der Waals surface area contributed by atoms with E-state index in [-0.39, 0.29) is 23.0 Å². The number of rotatable bonds is 10. The maximum absolute atomic E-state index is 11.9. The zero-order chi connectivity index (χ0) is 20.9. The molecule has 1 aromatic heterocycles. The summed E-state index contributed by atoms with van der Waals surface area (Å²) < 4.78 is 31.1. The zero-order valence-electron chi connectivity index (χ0n) is 17.3. The van der Waals surface area contributed by atoms with Gasteiger partial charge in [-0.1, -0.05) is 26.0 Å². The normalized spacial score (nSPS) is 12.7. The fraction of sp³-hybridized carbons (Fsp3) is 0.600. The molecular weight excluding hydrogens is 378 g/mol. The van der Waals surface area contributed by atoms with Gasteiger partial charge in [0.15, 0.2) is 15.7 Å². The molecule has 1 aromatic carbocycles. The average molecular weight is 410 g/mol. The highest BCUT2D eigenvalue weighted by atomic mass is 32.2. The molecule has 2 rings (SSSR count). The van der Waals surface area contributed by atoms with Gasteiger partial charge < -0.3 is 9.84 Å². The fourth-order valence-corrected chi connectivity index (χ4v) is 3.35. The Morgan fingerprint density at radius 3 is 2.61 bits per heavy atom. The maximum atomic E-state index is 11.9. The van der Waals surface area contributed by atoms with E-state index in [2.05, 4.69) is 10.1 Å². The largest absolute Gasteiger partial charge is 0.396 e. The van der Waals surface area contributed by atoms with Crippen LogP contribution >= 0.6 is 0 Å². The van der Waals surface area contributed by atoms with Crippen LogP contribution in [0, 0.1) is 5.41 Å². The molecule has 0 fully saturated rings. The molecule has 0 bridgehead atoms. The summed E-state index contributed by atoms with van der Waals surface area (Å²) in [6.07, 6.45) is 2.86. The Bertz CT molecular complexity index is 889. The molecule has 156 valence electrons. The van der Waals surface area contributed by atoms with Gasteiger partial charge in [-0.3, -0.25) is 0 Å². The lowest BCUT2D eigenvalue weighted by atomic mass is 9.95. The lowest BCUT2D eigenvalue weighted by Crippen LogP contribution is -2.25. The predicted octanol–water partition coefficient (Wildman–Crippen LogP) is 2.72. The van der Waals surface area contributed by atoms with Gasteiger partial charge in [-0.25, -0.2) is 18.1 Å². The van der Waals surface area contributed by atoms with Crippen LogP contribution in [-0.4, -0.2) is 53.9 Å². The monoisotopic (exact) mass is 409 g/mol. The van der Waals surface area contributed by atoms with Gasteiger partial charge in [0.05, 0.1) is 17.5 Å². The van der Waals surface area contributed by atoms with Gasteiger partial charge in [0.1, 0.15) is 5.82 Å². The Hall–Kier alpha value is -1.77. The van der Waals surface area contributed by atoms with Crippen LogP contribution < -0.4 is 0 Å². The van der Waals surface area contributed by atoms with E-state index in [4.69, 9.17) is 4.74 Å². The highest BCUT2D eigenvalue weighted by Gasteiger charge is 2.22. The van der Waals surface area contributed by atoms with E-state index in [1.807, 2.05) is 32.4 Å². The van der Waals surface area contributed by atoms with Crippen LogP contribution in [0.25, 0.3) is 11.4 Å². The molecule has 0 aliphatic heterocycles. The summed E-state index contributed by atoms with van der Waals surface area (Å²) in [7, 11) is -3.31. The van der Waals surface area contributed by atoms with Crippen molar-refractivity contribution in [2.24, 2.45) is 5.41 Å². The Labute approximate surface area is 167 Å². The molecule has 8 heteroatoms. The maximum Gasteiger partial charge on any atom is 0.181 e. The van der Waals surface area contributed by atoms with E-state index in [0.717, 1.165) is 12.2 Å². The molecule has 0 aliphatic rings. The standard InChI is InChI=1S/C20H31N3O4S/c1-15(2)27-11-7-10-18-21-19(22-23(18)13-20(3,4)14-24)16-8-6-9-17(12-16)28(5,25)26/h6,8-9,12,15,24H,7,10-11,13-14H2,1-5H3. The zero-order valence-corrected chi connectivity index (χ0v) is 18.2. The lowest BCUT2D eigenvalue weighted by Gasteiger charge is -2.22. The Balaban J connectivity index is 2.32. The van der Waals surface area contributed by atoms with Crippen molar-refractivity contribution in [1.29, 1.82) is 0 Å². The minimum Gasteiger partial charge on any atom is -0.396 e. The van der Waals surface area contributed by atoms with Crippen LogP contribution in [0.3, 0.4) is 0 Å². The number of aliphatic hydroxyl groups is 1. The molecule has 28 heavy (non-hydrogen) atoms. The number of hydrogen-bond donors (Lipinski definition) is 1. The second-order valence-electron chi connectivity index (χ2n) is 8.15. The van der Waals surface area contributed by atoms with E-state index in [0.29, 0.717) is 31.0 Å². The number of ether oxygens (including phenoxy) is 1. The average Bonchev–Trinajstić information content (AvgIpc) is 3.00. The third-order valence-corrected chi connectivity index (χ3v) is 5.38. The number of aromatic nitrogens is 3. The topological polar surface area (TPSA) is 94.3 Å². The third kappa shape index (κ3) is 6.39. The molecule has 0 spiro atoms. The Morgan fingerprint density at radius 2 is 2.00 bits per heavy atom. The Kier molecular flexibility index (Phi) is 7.36. The molecule has 0 aliphatic carbocycles. The van der Waals surface area contributed by atoms with Gasteiger partial charge in [-0.15, -0.1) is 0 Å². The van der Waals surface area contributed by atoms with Crippen molar-refractivity contribution in [3.05, 3.63) is 30.1 Å². The molecule has 0 saturated heterocycles. The lowest BCUT2D eigenvalue weighted by molar-refractivity contribution is 0.0765. The SMILES string of the molecule is CC(C)OCCCc1nc(-c2cccc(S(C)(=O)=O)c2)nn1CC(C)(C)CO. The van der Waals surface area contributed by atoms with E-state index in [1.54, 1.807) is 24.3 Å². The molecule has 1 N–H and O–H groups in total. The van der Waals surface area contributed by atoms with Gasteiger partial charge in [0.2, 0.25) is 0 Å². The van der Waals surface area contributed by atoms with E-state index in [9.17, 15) is 13.5 Å². The van der Waals surface area contributed by atoms with Crippen molar-refractivity contribution < 1.29 is 18.3 Å². The summed E-state index contributed by atoms with van der Waals surface area (Å²) in [5.41, 5.74) is 0.311. The minimum absolute atomic E-state index is 0.0294. The van der Waals surface area contributed by atoms with Crippen molar-refractivity contribution in [2.45, 2.75) is 58.1 Å². The van der Waals surface area contributed by atoms with Crippen LogP contribution in [0.4, 0.5) is 0 Å². The molecule has 0 radical (unpaired) electrons. The van der Waals surface area contributed by atoms with Gasteiger partial charge in [-0.2, -0.15) is 5.10 Å². The quantitative estimate of drug-likeness (QED) is 0.607. The van der Waals surface area contributed by atoms with Gasteiger partial charge in [-0.05, 0) is 32.4 Å². The van der Waals surface area contributed by atoms with Crippen molar-refractivity contribution in [3.8, 4) is 11.4 Å². The summed E-state index contributed by atoms with van der Waals surface area (Å²) in [6, 6.07) is 6.66. The van der Waals surface area contributed by atoms with Crippen molar-refractivity contribution in [1.82, 2.24) is 14.8 Å². The van der Waals surface area contributed by atoms with Crippen LogP contribution in [0.5, 0.6) is 0 Å². The number of nitrogens with zero attached hydrogens (tertiary/aromatic N) is 3. The number of sulfone groups is 1. The highest BCUT2D eigenvalue weighted by molar-refractivity contribution is 7.90. The molecule has 2 aromatic rings. The minimum atomic E-state index is -3.31. The summed E-state index contributed by atoms with van der Waals surface area (Å²) in [5.74, 6) is 1.28. The number of benzene rings is 1. The first-order valence-corrected chi connectivity index (χ1v) is 11.4. The van der Waals surface area contributed by atoms with Crippen LogP contribution in [0.2, 0.25) is 0 Å². The van der Waals surface area contributed by atoms with Crippen molar-refractivity contribution in [2.75, 3.05) is 19.5 Å². The van der Waals surface area contributed by atoms with E-state index < -0.39 is 9.84 Å². The Morgan fingerprint density at radius 1 is 1.29 bits per heavy atom. The second kappa shape index (κ2) is 9.15. The summed E-state index contributed by atoms with van der Waals surface area (Å²) in [5, 5.41) is 14.2. The van der Waals surface area contributed by atoms with E-state index >= 15 is 0 Å². The molecule has 0 saturated carbocycles. The summed E-state index contributed by atoms with van der Waals surface area (Å²) in [6.45, 7) is 9.10. The first-order valence-electron chi connectivity index (χ1n) is 9.48. The number of hydrogen-bond acceptors (Lipinski definition) is 6. The van der Waals surface area contributed by atoms with Crippen LogP contribution in [-0.2, 0) is 27.5 Å². The predicted molar refractivity (Wildman–Crippen MR) is 109 cm³/mol. The molecule has 1 heterocycles. The second-order valence-corrected chi connectivity index (χ2v) is 10.2. The molecule has 0 atom stereocenters. The summed E-state index contributed by atoms with van der Waals surface area (Å²) >= 11 is 0. The summed E-state index contributed by atoms with van der Waals surface area (Å²) in [4.78, 5) is 4.90. The third-order valence-electron chi connectivity index (χ3n) is 4.27. The smallest absolute Gasteiger partial charge is 0.181 e.